The largest absolute Gasteiger partial charge is 0.335 e. The molecule has 2 atom stereocenters. The molecule has 1 aliphatic carbocycles. The zero-order valence-electron chi connectivity index (χ0n) is 13.9. The summed E-state index contributed by atoms with van der Waals surface area (Å²) in [5, 5.41) is 0. The van der Waals surface area contributed by atoms with Crippen LogP contribution in [0.25, 0.3) is 0 Å². The van der Waals surface area contributed by atoms with Crippen molar-refractivity contribution in [3.63, 3.8) is 0 Å². The van der Waals surface area contributed by atoms with Crippen LogP contribution in [0.15, 0.2) is 12.4 Å². The van der Waals surface area contributed by atoms with E-state index in [9.17, 15) is 4.79 Å². The Kier molecular flexibility index (Phi) is 5.20. The highest BCUT2D eigenvalue weighted by atomic mass is 16.1. The van der Waals surface area contributed by atoms with Gasteiger partial charge in [0.1, 0.15) is 5.82 Å². The number of aryl methyl sites for hydroxylation is 1. The number of rotatable bonds is 6. The van der Waals surface area contributed by atoms with Crippen LogP contribution in [0.2, 0.25) is 0 Å². The van der Waals surface area contributed by atoms with E-state index in [1.807, 2.05) is 12.4 Å². The van der Waals surface area contributed by atoms with Crippen LogP contribution in [0.3, 0.4) is 0 Å². The summed E-state index contributed by atoms with van der Waals surface area (Å²) in [5.74, 6) is 1.88. The van der Waals surface area contributed by atoms with Gasteiger partial charge in [-0.3, -0.25) is 9.69 Å². The Hall–Kier alpha value is -1.16. The molecule has 0 N–H and O–H groups in total. The molecule has 0 bridgehead atoms. The molecule has 0 aromatic carbocycles. The van der Waals surface area contributed by atoms with Crippen LogP contribution in [-0.2, 0) is 17.8 Å². The minimum Gasteiger partial charge on any atom is -0.335 e. The van der Waals surface area contributed by atoms with Gasteiger partial charge >= 0.3 is 0 Å². The topological polar surface area (TPSA) is 38.1 Å². The van der Waals surface area contributed by atoms with Gasteiger partial charge in [-0.15, -0.1) is 0 Å². The van der Waals surface area contributed by atoms with Crippen molar-refractivity contribution in [2.75, 3.05) is 14.1 Å². The monoisotopic (exact) mass is 291 g/mol. The van der Waals surface area contributed by atoms with Crippen LogP contribution < -0.4 is 0 Å². The van der Waals surface area contributed by atoms with Crippen molar-refractivity contribution in [2.45, 2.75) is 64.5 Å². The third-order valence-electron chi connectivity index (χ3n) is 4.93. The first-order valence-corrected chi connectivity index (χ1v) is 8.20. The summed E-state index contributed by atoms with van der Waals surface area (Å²) in [7, 11) is 4.10. The Labute approximate surface area is 128 Å². The standard InChI is InChI=1S/C17H29N3O/c1-5-10-20-11-9-18-16(20)12-15(21)17(19(3)4)8-6-7-14(2)13-17/h9,11,14H,5-8,10,12-13H2,1-4H3. The molecule has 1 fully saturated rings. The summed E-state index contributed by atoms with van der Waals surface area (Å²) < 4.78 is 2.12. The van der Waals surface area contributed by atoms with Gasteiger partial charge in [-0.1, -0.05) is 26.7 Å². The fourth-order valence-corrected chi connectivity index (χ4v) is 3.69. The number of imidazole rings is 1. The second kappa shape index (κ2) is 6.73. The lowest BCUT2D eigenvalue weighted by Gasteiger charge is -2.43. The Morgan fingerprint density at radius 3 is 2.90 bits per heavy atom. The molecule has 0 spiro atoms. The summed E-state index contributed by atoms with van der Waals surface area (Å²) in [6.07, 6.45) is 9.67. The number of nitrogens with zero attached hydrogens (tertiary/aromatic N) is 3. The highest BCUT2D eigenvalue weighted by Crippen LogP contribution is 2.37. The number of carbonyl (C=O) groups is 1. The molecule has 0 aliphatic heterocycles. The number of carbonyl (C=O) groups excluding carboxylic acids is 1. The van der Waals surface area contributed by atoms with Gasteiger partial charge in [0.25, 0.3) is 0 Å². The summed E-state index contributed by atoms with van der Waals surface area (Å²) in [6, 6.07) is 0. The molecular weight excluding hydrogens is 262 g/mol. The van der Waals surface area contributed by atoms with Crippen molar-refractivity contribution >= 4 is 5.78 Å². The first-order valence-electron chi connectivity index (χ1n) is 8.20. The Morgan fingerprint density at radius 2 is 2.29 bits per heavy atom. The van der Waals surface area contributed by atoms with Crippen molar-refractivity contribution in [3.05, 3.63) is 18.2 Å². The zero-order chi connectivity index (χ0) is 15.5. The lowest BCUT2D eigenvalue weighted by molar-refractivity contribution is -0.132. The first kappa shape index (κ1) is 16.2. The molecule has 2 unspecified atom stereocenters. The van der Waals surface area contributed by atoms with Crippen molar-refractivity contribution in [1.29, 1.82) is 0 Å². The van der Waals surface area contributed by atoms with E-state index < -0.39 is 0 Å². The number of aromatic nitrogens is 2. The maximum atomic E-state index is 13.0. The number of hydrogen-bond donors (Lipinski definition) is 0. The zero-order valence-corrected chi connectivity index (χ0v) is 13.9. The minimum absolute atomic E-state index is 0.291. The van der Waals surface area contributed by atoms with Crippen LogP contribution in [0, 0.1) is 5.92 Å². The highest BCUT2D eigenvalue weighted by molar-refractivity contribution is 5.89. The van der Waals surface area contributed by atoms with Crippen molar-refractivity contribution in [3.8, 4) is 0 Å². The maximum absolute atomic E-state index is 13.0. The van der Waals surface area contributed by atoms with Crippen LogP contribution in [0.5, 0.6) is 0 Å². The summed E-state index contributed by atoms with van der Waals surface area (Å²) in [5.41, 5.74) is -0.291. The van der Waals surface area contributed by atoms with Crippen molar-refractivity contribution in [1.82, 2.24) is 14.5 Å². The van der Waals surface area contributed by atoms with E-state index in [1.54, 1.807) is 0 Å². The third kappa shape index (κ3) is 3.37. The van der Waals surface area contributed by atoms with Crippen LogP contribution in [0.4, 0.5) is 0 Å². The number of hydrogen-bond acceptors (Lipinski definition) is 3. The third-order valence-corrected chi connectivity index (χ3v) is 4.93. The van der Waals surface area contributed by atoms with Gasteiger partial charge in [0.05, 0.1) is 12.0 Å². The van der Waals surface area contributed by atoms with Crippen LogP contribution >= 0.6 is 0 Å². The molecule has 1 heterocycles. The molecule has 1 aromatic heterocycles. The lowest BCUT2D eigenvalue weighted by atomic mass is 9.72. The van der Waals surface area contributed by atoms with E-state index in [4.69, 9.17) is 0 Å². The van der Waals surface area contributed by atoms with E-state index in [2.05, 4.69) is 42.4 Å². The fraction of sp³-hybridized carbons (Fsp3) is 0.765. The van der Waals surface area contributed by atoms with Gasteiger partial charge in [0.15, 0.2) is 5.78 Å². The molecule has 1 saturated carbocycles. The molecule has 118 valence electrons. The van der Waals surface area contributed by atoms with Gasteiger partial charge in [-0.2, -0.15) is 0 Å². The SMILES string of the molecule is CCCn1ccnc1CC(=O)C1(N(C)C)CCCC(C)C1. The molecule has 1 aromatic rings. The second-order valence-electron chi connectivity index (χ2n) is 6.76. The van der Waals surface area contributed by atoms with E-state index in [-0.39, 0.29) is 5.54 Å². The van der Waals surface area contributed by atoms with Gasteiger partial charge in [-0.25, -0.2) is 4.98 Å². The van der Waals surface area contributed by atoms with Gasteiger partial charge in [0, 0.05) is 18.9 Å². The molecular formula is C17H29N3O. The number of ketones is 1. The smallest absolute Gasteiger partial charge is 0.160 e. The van der Waals surface area contributed by atoms with Crippen LogP contribution in [-0.4, -0.2) is 39.9 Å². The summed E-state index contributed by atoms with van der Waals surface area (Å²) in [6.45, 7) is 5.35. The van der Waals surface area contributed by atoms with Crippen molar-refractivity contribution in [2.24, 2.45) is 5.92 Å². The fourth-order valence-electron chi connectivity index (χ4n) is 3.69. The quantitative estimate of drug-likeness (QED) is 0.809. The molecule has 2 rings (SSSR count). The average Bonchev–Trinajstić information content (AvgIpc) is 2.86. The molecule has 1 aliphatic rings. The summed E-state index contributed by atoms with van der Waals surface area (Å²) >= 11 is 0. The lowest BCUT2D eigenvalue weighted by Crippen LogP contribution is -2.54. The van der Waals surface area contributed by atoms with E-state index in [0.29, 0.717) is 18.1 Å². The van der Waals surface area contributed by atoms with Crippen LogP contribution in [0.1, 0.15) is 51.8 Å². The van der Waals surface area contributed by atoms with Gasteiger partial charge in [0.2, 0.25) is 0 Å². The Bertz CT molecular complexity index is 480. The average molecular weight is 291 g/mol. The normalized spacial score (nSPS) is 26.2. The van der Waals surface area contributed by atoms with E-state index in [0.717, 1.165) is 38.1 Å². The molecule has 21 heavy (non-hydrogen) atoms. The molecule has 4 heteroatoms. The molecule has 0 amide bonds. The highest BCUT2D eigenvalue weighted by Gasteiger charge is 2.43. The number of Topliss-reactive ketones (excluding diaryl/α,β-unsaturated/α-hetero) is 1. The first-order chi connectivity index (χ1) is 9.99. The maximum Gasteiger partial charge on any atom is 0.160 e. The van der Waals surface area contributed by atoms with Crippen molar-refractivity contribution < 1.29 is 4.79 Å². The predicted octanol–water partition coefficient (Wildman–Crippen LogP) is 2.92. The second-order valence-corrected chi connectivity index (χ2v) is 6.76. The predicted molar refractivity (Wildman–Crippen MR) is 85.3 cm³/mol. The minimum atomic E-state index is -0.291. The van der Waals surface area contributed by atoms with Gasteiger partial charge in [-0.05, 0) is 39.3 Å². The van der Waals surface area contributed by atoms with E-state index >= 15 is 0 Å². The van der Waals surface area contributed by atoms with E-state index in [1.165, 1.54) is 6.42 Å². The number of likely N-dealkylation sites (N-methyl/N-ethyl adjacent to an activating group) is 1. The Balaban J connectivity index is 2.17. The molecule has 4 nitrogen and oxygen atoms in total. The molecule has 0 radical (unpaired) electrons. The summed E-state index contributed by atoms with van der Waals surface area (Å²) in [4.78, 5) is 19.6. The molecule has 0 saturated heterocycles. The Morgan fingerprint density at radius 1 is 1.52 bits per heavy atom. The van der Waals surface area contributed by atoms with Gasteiger partial charge < -0.3 is 4.57 Å².